The number of benzene rings is 3. The fourth-order valence-corrected chi connectivity index (χ4v) is 3.20. The Morgan fingerprint density at radius 2 is 1.73 bits per heavy atom. The fraction of sp³-hybridized carbons (Fsp3) is 0.130. The summed E-state index contributed by atoms with van der Waals surface area (Å²) in [4.78, 5) is 24.6. The molecular weight excluding hydrogens is 409 g/mol. The third kappa shape index (κ3) is 4.60. The molecule has 30 heavy (non-hydrogen) atoms. The van der Waals surface area contributed by atoms with Crippen molar-refractivity contribution in [2.45, 2.75) is 6.92 Å². The van der Waals surface area contributed by atoms with E-state index in [0.29, 0.717) is 17.9 Å². The second kappa shape index (κ2) is 9.41. The van der Waals surface area contributed by atoms with Crippen molar-refractivity contribution in [3.05, 3.63) is 82.6 Å². The first-order chi connectivity index (χ1) is 14.4. The molecule has 0 saturated heterocycles. The van der Waals surface area contributed by atoms with E-state index in [2.05, 4.69) is 10.1 Å². The summed E-state index contributed by atoms with van der Waals surface area (Å²) in [5.74, 6) is -1.40. The standard InChI is InChI=1S/C23H19ClFNO4/c1-3-30-16-8-6-7-14(11-16)15-12-19(24)21(20(25)13-15)26-22(27)17-9-4-5-10-18(17)23(28)29-2/h4-13H,3H2,1-2H3,(H,26,27). The second-order valence-corrected chi connectivity index (χ2v) is 6.67. The van der Waals surface area contributed by atoms with E-state index in [-0.39, 0.29) is 21.8 Å². The average Bonchev–Trinajstić information content (AvgIpc) is 2.76. The van der Waals surface area contributed by atoms with E-state index in [1.807, 2.05) is 6.92 Å². The lowest BCUT2D eigenvalue weighted by Crippen LogP contribution is -2.18. The molecule has 0 aliphatic carbocycles. The van der Waals surface area contributed by atoms with Crippen molar-refractivity contribution in [3.63, 3.8) is 0 Å². The Hall–Kier alpha value is -3.38. The van der Waals surface area contributed by atoms with Crippen LogP contribution in [0.5, 0.6) is 5.75 Å². The SMILES string of the molecule is CCOc1cccc(-c2cc(F)c(NC(=O)c3ccccc3C(=O)OC)c(Cl)c2)c1. The summed E-state index contributed by atoms with van der Waals surface area (Å²) in [7, 11) is 1.22. The molecule has 3 aromatic carbocycles. The normalized spacial score (nSPS) is 10.4. The van der Waals surface area contributed by atoms with Crippen LogP contribution >= 0.6 is 11.6 Å². The van der Waals surface area contributed by atoms with Gasteiger partial charge in [0, 0.05) is 0 Å². The number of amides is 1. The van der Waals surface area contributed by atoms with Crippen LogP contribution in [-0.4, -0.2) is 25.6 Å². The van der Waals surface area contributed by atoms with Crippen molar-refractivity contribution in [2.24, 2.45) is 0 Å². The first-order valence-corrected chi connectivity index (χ1v) is 9.53. The van der Waals surface area contributed by atoms with Crippen LogP contribution in [0.2, 0.25) is 5.02 Å². The summed E-state index contributed by atoms with van der Waals surface area (Å²) in [5.41, 5.74) is 1.19. The van der Waals surface area contributed by atoms with Gasteiger partial charge in [0.25, 0.3) is 5.91 Å². The van der Waals surface area contributed by atoms with E-state index in [4.69, 9.17) is 16.3 Å². The van der Waals surface area contributed by atoms with E-state index in [0.717, 1.165) is 5.56 Å². The summed E-state index contributed by atoms with van der Waals surface area (Å²) in [6.45, 7) is 2.38. The van der Waals surface area contributed by atoms with Crippen LogP contribution in [0.1, 0.15) is 27.6 Å². The quantitative estimate of drug-likeness (QED) is 0.521. The zero-order valence-corrected chi connectivity index (χ0v) is 17.1. The highest BCUT2D eigenvalue weighted by Gasteiger charge is 2.20. The van der Waals surface area contributed by atoms with Crippen LogP contribution in [0.15, 0.2) is 60.7 Å². The predicted octanol–water partition coefficient (Wildman–Crippen LogP) is 5.58. The molecule has 1 N–H and O–H groups in total. The molecule has 0 bridgehead atoms. The van der Waals surface area contributed by atoms with Gasteiger partial charge in [-0.1, -0.05) is 35.9 Å². The van der Waals surface area contributed by atoms with Gasteiger partial charge in [-0.25, -0.2) is 9.18 Å². The van der Waals surface area contributed by atoms with Crippen LogP contribution in [0.25, 0.3) is 11.1 Å². The summed E-state index contributed by atoms with van der Waals surface area (Å²) < 4.78 is 25.0. The number of rotatable bonds is 6. The summed E-state index contributed by atoms with van der Waals surface area (Å²) in [5, 5.41) is 2.47. The molecule has 7 heteroatoms. The Balaban J connectivity index is 1.91. The molecule has 0 atom stereocenters. The van der Waals surface area contributed by atoms with Gasteiger partial charge in [0.15, 0.2) is 0 Å². The molecule has 0 aliphatic heterocycles. The van der Waals surface area contributed by atoms with Gasteiger partial charge in [0.2, 0.25) is 0 Å². The molecule has 3 rings (SSSR count). The van der Waals surface area contributed by atoms with Gasteiger partial charge >= 0.3 is 5.97 Å². The Morgan fingerprint density at radius 1 is 1.00 bits per heavy atom. The molecule has 154 valence electrons. The number of esters is 1. The lowest BCUT2D eigenvalue weighted by molar-refractivity contribution is 0.0597. The lowest BCUT2D eigenvalue weighted by Gasteiger charge is -2.13. The number of carbonyl (C=O) groups is 2. The first-order valence-electron chi connectivity index (χ1n) is 9.15. The molecule has 0 spiro atoms. The van der Waals surface area contributed by atoms with Crippen molar-refractivity contribution in [1.82, 2.24) is 0 Å². The highest BCUT2D eigenvalue weighted by atomic mass is 35.5. The Kier molecular flexibility index (Phi) is 6.69. The number of hydrogen-bond donors (Lipinski definition) is 1. The average molecular weight is 428 g/mol. The first kappa shape index (κ1) is 21.3. The Bertz CT molecular complexity index is 1080. The van der Waals surface area contributed by atoms with E-state index in [1.165, 1.54) is 25.3 Å². The largest absolute Gasteiger partial charge is 0.494 e. The zero-order chi connectivity index (χ0) is 21.7. The number of carbonyl (C=O) groups excluding carboxylic acids is 2. The minimum Gasteiger partial charge on any atom is -0.494 e. The van der Waals surface area contributed by atoms with Gasteiger partial charge < -0.3 is 14.8 Å². The van der Waals surface area contributed by atoms with Gasteiger partial charge in [-0.2, -0.15) is 0 Å². The number of anilines is 1. The smallest absolute Gasteiger partial charge is 0.338 e. The molecule has 0 unspecified atom stereocenters. The molecule has 0 fully saturated rings. The van der Waals surface area contributed by atoms with E-state index < -0.39 is 17.7 Å². The molecule has 0 aromatic heterocycles. The maximum Gasteiger partial charge on any atom is 0.338 e. The molecule has 3 aromatic rings. The van der Waals surface area contributed by atoms with E-state index in [9.17, 15) is 14.0 Å². The lowest BCUT2D eigenvalue weighted by atomic mass is 10.0. The van der Waals surface area contributed by atoms with Crippen molar-refractivity contribution in [1.29, 1.82) is 0 Å². The number of nitrogens with one attached hydrogen (secondary N) is 1. The van der Waals surface area contributed by atoms with Crippen LogP contribution in [-0.2, 0) is 4.74 Å². The molecule has 0 saturated carbocycles. The van der Waals surface area contributed by atoms with Crippen molar-refractivity contribution in [2.75, 3.05) is 19.0 Å². The van der Waals surface area contributed by atoms with Crippen molar-refractivity contribution < 1.29 is 23.5 Å². The van der Waals surface area contributed by atoms with Gasteiger partial charge in [0.05, 0.1) is 35.6 Å². The van der Waals surface area contributed by atoms with E-state index in [1.54, 1.807) is 42.5 Å². The van der Waals surface area contributed by atoms with Crippen molar-refractivity contribution in [3.8, 4) is 16.9 Å². The maximum atomic E-state index is 14.8. The molecule has 1 amide bonds. The van der Waals surface area contributed by atoms with Crippen LogP contribution in [0.3, 0.4) is 0 Å². The number of hydrogen-bond acceptors (Lipinski definition) is 4. The Labute approximate surface area is 178 Å². The third-order valence-electron chi connectivity index (χ3n) is 4.34. The molecule has 0 radical (unpaired) electrons. The highest BCUT2D eigenvalue weighted by molar-refractivity contribution is 6.34. The predicted molar refractivity (Wildman–Crippen MR) is 114 cm³/mol. The number of ether oxygens (including phenoxy) is 2. The molecular formula is C23H19ClFNO4. The Morgan fingerprint density at radius 3 is 2.40 bits per heavy atom. The number of methoxy groups -OCH3 is 1. The minimum atomic E-state index is -0.705. The maximum absolute atomic E-state index is 14.8. The highest BCUT2D eigenvalue weighted by Crippen LogP contribution is 2.33. The summed E-state index contributed by atoms with van der Waals surface area (Å²) >= 11 is 6.27. The molecule has 5 nitrogen and oxygen atoms in total. The topological polar surface area (TPSA) is 64.6 Å². The van der Waals surface area contributed by atoms with Crippen LogP contribution < -0.4 is 10.1 Å². The van der Waals surface area contributed by atoms with Crippen molar-refractivity contribution >= 4 is 29.2 Å². The van der Waals surface area contributed by atoms with Gasteiger partial charge in [0.1, 0.15) is 11.6 Å². The third-order valence-corrected chi connectivity index (χ3v) is 4.63. The van der Waals surface area contributed by atoms with Gasteiger partial charge in [-0.3, -0.25) is 4.79 Å². The summed E-state index contributed by atoms with van der Waals surface area (Å²) in [6, 6.07) is 16.1. The van der Waals surface area contributed by atoms with Gasteiger partial charge in [-0.15, -0.1) is 0 Å². The van der Waals surface area contributed by atoms with Crippen LogP contribution in [0, 0.1) is 5.82 Å². The zero-order valence-electron chi connectivity index (χ0n) is 16.4. The minimum absolute atomic E-state index is 0.0238. The van der Waals surface area contributed by atoms with Crippen LogP contribution in [0.4, 0.5) is 10.1 Å². The monoisotopic (exact) mass is 427 g/mol. The molecule has 0 aliphatic rings. The fourth-order valence-electron chi connectivity index (χ4n) is 2.94. The summed E-state index contributed by atoms with van der Waals surface area (Å²) in [6.07, 6.45) is 0. The van der Waals surface area contributed by atoms with E-state index >= 15 is 0 Å². The van der Waals surface area contributed by atoms with Gasteiger partial charge in [-0.05, 0) is 54.4 Å². The second-order valence-electron chi connectivity index (χ2n) is 6.27. The number of halogens is 2. The molecule has 0 heterocycles.